The lowest BCUT2D eigenvalue weighted by atomic mass is 10.2. The second kappa shape index (κ2) is 6.82. The number of nitrogens with one attached hydrogen (secondary N) is 1. The zero-order chi connectivity index (χ0) is 15.3. The predicted molar refractivity (Wildman–Crippen MR) is 78.1 cm³/mol. The Morgan fingerprint density at radius 1 is 1.40 bits per heavy atom. The number of hydrogen-bond acceptors (Lipinski definition) is 5. The van der Waals surface area contributed by atoms with Crippen molar-refractivity contribution in [2.75, 3.05) is 24.3 Å². The highest BCUT2D eigenvalue weighted by atomic mass is 32.2. The van der Waals surface area contributed by atoms with Gasteiger partial charge in [0, 0.05) is 34.9 Å². The number of sulfonamides is 1. The van der Waals surface area contributed by atoms with E-state index < -0.39 is 26.7 Å². The molecule has 7 nitrogen and oxygen atoms in total. The van der Waals surface area contributed by atoms with Crippen LogP contribution in [0.2, 0.25) is 0 Å². The Labute approximate surface area is 120 Å². The topological polar surface area (TPSA) is 132 Å². The van der Waals surface area contributed by atoms with Crippen molar-refractivity contribution < 1.29 is 17.4 Å². The number of carbonyl (C=O) groups excluding carboxylic acids is 1. The lowest BCUT2D eigenvalue weighted by Gasteiger charge is -2.09. The van der Waals surface area contributed by atoms with Crippen molar-refractivity contribution in [3.8, 4) is 0 Å². The maximum atomic E-state index is 12.0. The van der Waals surface area contributed by atoms with Gasteiger partial charge in [0.1, 0.15) is 4.90 Å². The Bertz CT molecular complexity index is 629. The van der Waals surface area contributed by atoms with Gasteiger partial charge in [-0.2, -0.15) is 0 Å². The zero-order valence-corrected chi connectivity index (χ0v) is 12.6. The van der Waals surface area contributed by atoms with Crippen LogP contribution in [-0.4, -0.2) is 37.1 Å². The number of nitrogen functional groups attached to an aromatic ring is 1. The van der Waals surface area contributed by atoms with E-state index >= 15 is 0 Å². The third kappa shape index (κ3) is 4.58. The number of rotatable bonds is 7. The Hall–Kier alpha value is -1.45. The molecule has 0 saturated carbocycles. The van der Waals surface area contributed by atoms with E-state index in [0.29, 0.717) is 12.2 Å². The van der Waals surface area contributed by atoms with Crippen LogP contribution in [0.15, 0.2) is 23.1 Å². The van der Waals surface area contributed by atoms with Crippen LogP contribution in [0, 0.1) is 0 Å². The van der Waals surface area contributed by atoms with Crippen LogP contribution in [0.25, 0.3) is 0 Å². The molecular formula is C11H17N3O4S2. The van der Waals surface area contributed by atoms with Gasteiger partial charge in [-0.3, -0.25) is 9.00 Å². The number of benzene rings is 1. The molecule has 1 aromatic rings. The summed E-state index contributed by atoms with van der Waals surface area (Å²) in [7, 11) is -4.72. The number of anilines is 1. The number of hydrogen-bond donors (Lipinski definition) is 3. The summed E-state index contributed by atoms with van der Waals surface area (Å²) in [5, 5.41) is 0. The van der Waals surface area contributed by atoms with Crippen LogP contribution in [0.5, 0.6) is 0 Å². The second-order valence-corrected chi connectivity index (χ2v) is 7.44. The largest absolute Gasteiger partial charge is 0.398 e. The van der Waals surface area contributed by atoms with Crippen LogP contribution < -0.4 is 16.2 Å². The van der Waals surface area contributed by atoms with Crippen molar-refractivity contribution in [1.29, 1.82) is 0 Å². The van der Waals surface area contributed by atoms with Crippen molar-refractivity contribution in [3.63, 3.8) is 0 Å². The molecule has 5 N–H and O–H groups in total. The molecule has 1 unspecified atom stereocenters. The van der Waals surface area contributed by atoms with Gasteiger partial charge in [0.05, 0.1) is 5.69 Å². The smallest absolute Gasteiger partial charge is 0.248 e. The maximum Gasteiger partial charge on any atom is 0.248 e. The maximum absolute atomic E-state index is 12.0. The van der Waals surface area contributed by atoms with Crippen molar-refractivity contribution in [2.45, 2.75) is 11.3 Å². The molecule has 0 saturated heterocycles. The van der Waals surface area contributed by atoms with Crippen LogP contribution in [0.3, 0.4) is 0 Å². The van der Waals surface area contributed by atoms with Crippen molar-refractivity contribution in [2.24, 2.45) is 5.73 Å². The van der Waals surface area contributed by atoms with E-state index in [1.54, 1.807) is 6.26 Å². The van der Waals surface area contributed by atoms with E-state index in [9.17, 15) is 17.4 Å². The lowest BCUT2D eigenvalue weighted by molar-refractivity contribution is 0.1000. The Morgan fingerprint density at radius 2 is 2.05 bits per heavy atom. The average molecular weight is 319 g/mol. The summed E-state index contributed by atoms with van der Waals surface area (Å²) in [5.74, 6) is -0.266. The number of amides is 1. The first-order valence-corrected chi connectivity index (χ1v) is 8.94. The van der Waals surface area contributed by atoms with Crippen LogP contribution in [0.1, 0.15) is 16.8 Å². The predicted octanol–water partition coefficient (Wildman–Crippen LogP) is -0.585. The molecular weight excluding hydrogens is 302 g/mol. The van der Waals surface area contributed by atoms with E-state index in [2.05, 4.69) is 4.72 Å². The molecule has 0 aliphatic rings. The minimum absolute atomic E-state index is 0.0483. The summed E-state index contributed by atoms with van der Waals surface area (Å²) < 4.78 is 37.2. The first kappa shape index (κ1) is 16.6. The van der Waals surface area contributed by atoms with Gasteiger partial charge in [0.25, 0.3) is 0 Å². The number of nitrogens with two attached hydrogens (primary N) is 2. The zero-order valence-electron chi connectivity index (χ0n) is 11.0. The lowest BCUT2D eigenvalue weighted by Crippen LogP contribution is -2.26. The molecule has 112 valence electrons. The van der Waals surface area contributed by atoms with Crippen molar-refractivity contribution in [3.05, 3.63) is 23.8 Å². The monoisotopic (exact) mass is 319 g/mol. The first-order chi connectivity index (χ1) is 9.24. The molecule has 0 fully saturated rings. The highest BCUT2D eigenvalue weighted by molar-refractivity contribution is 7.89. The quantitative estimate of drug-likeness (QED) is 0.456. The van der Waals surface area contributed by atoms with Crippen LogP contribution >= 0.6 is 0 Å². The van der Waals surface area contributed by atoms with E-state index in [1.165, 1.54) is 18.2 Å². The Kier molecular flexibility index (Phi) is 5.66. The molecule has 20 heavy (non-hydrogen) atoms. The fraction of sp³-hybridized carbons (Fsp3) is 0.364. The van der Waals surface area contributed by atoms with E-state index in [0.717, 1.165) is 0 Å². The van der Waals surface area contributed by atoms with Gasteiger partial charge in [-0.05, 0) is 24.6 Å². The van der Waals surface area contributed by atoms with Gasteiger partial charge in [-0.1, -0.05) is 0 Å². The third-order valence-electron chi connectivity index (χ3n) is 2.48. The molecule has 1 rings (SSSR count). The second-order valence-electron chi connectivity index (χ2n) is 4.15. The average Bonchev–Trinajstić information content (AvgIpc) is 2.34. The van der Waals surface area contributed by atoms with Crippen molar-refractivity contribution in [1.82, 2.24) is 4.72 Å². The minimum Gasteiger partial charge on any atom is -0.398 e. The van der Waals surface area contributed by atoms with Gasteiger partial charge in [-0.15, -0.1) is 0 Å². The molecule has 0 heterocycles. The molecule has 0 radical (unpaired) electrons. The van der Waals surface area contributed by atoms with Gasteiger partial charge in [0.2, 0.25) is 15.9 Å². The molecule has 1 aromatic carbocycles. The summed E-state index contributed by atoms with van der Waals surface area (Å²) >= 11 is 0. The third-order valence-corrected chi connectivity index (χ3v) is 4.88. The van der Waals surface area contributed by atoms with Gasteiger partial charge >= 0.3 is 0 Å². The van der Waals surface area contributed by atoms with E-state index in [4.69, 9.17) is 11.5 Å². The Balaban J connectivity index is 2.82. The van der Waals surface area contributed by atoms with Crippen LogP contribution in [-0.2, 0) is 20.8 Å². The number of primary amides is 1. The van der Waals surface area contributed by atoms with Gasteiger partial charge < -0.3 is 11.5 Å². The molecule has 1 atom stereocenters. The molecule has 0 aliphatic carbocycles. The molecule has 1 amide bonds. The minimum atomic E-state index is -3.76. The highest BCUT2D eigenvalue weighted by Gasteiger charge is 2.17. The fourth-order valence-electron chi connectivity index (χ4n) is 1.51. The number of carbonyl (C=O) groups is 1. The van der Waals surface area contributed by atoms with E-state index in [-0.39, 0.29) is 22.7 Å². The summed E-state index contributed by atoms with van der Waals surface area (Å²) in [6.07, 6.45) is 2.01. The Morgan fingerprint density at radius 3 is 2.55 bits per heavy atom. The molecule has 0 spiro atoms. The fourth-order valence-corrected chi connectivity index (χ4v) is 3.24. The van der Waals surface area contributed by atoms with E-state index in [1.807, 2.05) is 0 Å². The van der Waals surface area contributed by atoms with Crippen molar-refractivity contribution >= 4 is 32.4 Å². The summed E-state index contributed by atoms with van der Waals surface area (Å²) in [6.45, 7) is 0.166. The first-order valence-electron chi connectivity index (χ1n) is 5.73. The molecule has 0 bridgehead atoms. The molecule has 9 heteroatoms. The van der Waals surface area contributed by atoms with Gasteiger partial charge in [-0.25, -0.2) is 13.1 Å². The summed E-state index contributed by atoms with van der Waals surface area (Å²) in [6, 6.07) is 3.75. The molecule has 0 aliphatic heterocycles. The SMILES string of the molecule is CS(=O)CCCNS(=O)(=O)c1ccc(C(N)=O)cc1N. The standard InChI is InChI=1S/C11H17N3O4S2/c1-19(16)6-2-5-14-20(17,18)10-4-3-8(11(13)15)7-9(10)12/h3-4,7,14H,2,5-6,12H2,1H3,(H2,13,15). The van der Waals surface area contributed by atoms with Gasteiger partial charge in [0.15, 0.2) is 0 Å². The highest BCUT2D eigenvalue weighted by Crippen LogP contribution is 2.19. The summed E-state index contributed by atoms with van der Waals surface area (Å²) in [5.41, 5.74) is 10.8. The summed E-state index contributed by atoms with van der Waals surface area (Å²) in [4.78, 5) is 10.9. The van der Waals surface area contributed by atoms with Crippen LogP contribution in [0.4, 0.5) is 5.69 Å². The molecule has 0 aromatic heterocycles. The normalized spacial score (nSPS) is 13.1.